The Morgan fingerprint density at radius 3 is 0.667 bits per heavy atom. The van der Waals surface area contributed by atoms with Crippen molar-refractivity contribution in [1.29, 1.82) is 0 Å². The van der Waals surface area contributed by atoms with Crippen LogP contribution in [0.5, 0.6) is 0 Å². The van der Waals surface area contributed by atoms with Crippen molar-refractivity contribution in [2.45, 2.75) is 0 Å². The van der Waals surface area contributed by atoms with Crippen molar-refractivity contribution in [2.75, 3.05) is 0 Å². The average Bonchev–Trinajstić information content (AvgIpc) is 0. The molecule has 0 aliphatic heterocycles. The van der Waals surface area contributed by atoms with Crippen LogP contribution >= 0.6 is 0 Å². The van der Waals surface area contributed by atoms with Gasteiger partial charge in [-0.05, 0) is 0 Å². The molecule has 0 aliphatic rings. The summed E-state index contributed by atoms with van der Waals surface area (Å²) in [5.74, 6) is 0. The molecule has 1 radical (unpaired) electrons. The molecule has 0 spiro atoms. The normalized spacial score (nSPS) is 0. The maximum Gasteiger partial charge on any atom is 0 e. The topological polar surface area (TPSA) is 152 Å². The molecule has 0 heterocycles. The molecule has 0 saturated heterocycles. The van der Waals surface area contributed by atoms with E-state index in [1.165, 1.54) is 0 Å². The summed E-state index contributed by atoms with van der Waals surface area (Å²) in [7, 11) is 0. The van der Waals surface area contributed by atoms with E-state index < -0.39 is 0 Å². The zero-order valence-electron chi connectivity index (χ0n) is 3.05. The standard InChI is InChI=1S/H3N.H2O.3O.Re/h1H3;1H2;;;;/q;;3*-2;. The van der Waals surface area contributed by atoms with Crippen LogP contribution < -0.4 is 6.15 Å². The van der Waals surface area contributed by atoms with Crippen LogP contribution in [0.3, 0.4) is 0 Å². The zero-order chi connectivity index (χ0) is 0. The Kier molecular flexibility index (Phi) is 76500. The fraction of sp³-hybridized carbons (Fsp3) is 0. The van der Waals surface area contributed by atoms with Gasteiger partial charge in [-0.2, -0.15) is 0 Å². The monoisotopic (exact) mass is 270 g/mol. The average molecular weight is 269 g/mol. The van der Waals surface area contributed by atoms with Gasteiger partial charge in [0.1, 0.15) is 0 Å². The second-order valence-electron chi connectivity index (χ2n) is 0. The second-order valence-corrected chi connectivity index (χ2v) is 0. The van der Waals surface area contributed by atoms with E-state index in [9.17, 15) is 0 Å². The third-order valence-electron chi connectivity index (χ3n) is 0. The minimum absolute atomic E-state index is 0. The molecule has 0 aromatic carbocycles. The Labute approximate surface area is 49.2 Å². The van der Waals surface area contributed by atoms with Gasteiger partial charge in [-0.15, -0.1) is 0 Å². The van der Waals surface area contributed by atoms with Crippen LogP contribution in [0.1, 0.15) is 0 Å². The predicted molar refractivity (Wildman–Crippen MR) is 9.98 cm³/mol. The molecule has 47 valence electrons. The molecule has 0 unspecified atom stereocenters. The van der Waals surface area contributed by atoms with Crippen molar-refractivity contribution in [3.05, 3.63) is 0 Å². The number of hydrogen-bond donors (Lipinski definition) is 1. The summed E-state index contributed by atoms with van der Waals surface area (Å²) in [5.41, 5.74) is 0. The van der Waals surface area contributed by atoms with Gasteiger partial charge in [0, 0.05) is 20.4 Å². The first kappa shape index (κ1) is 902. The minimum atomic E-state index is 0. The Morgan fingerprint density at radius 2 is 0.667 bits per heavy atom. The summed E-state index contributed by atoms with van der Waals surface area (Å²) < 4.78 is 0. The summed E-state index contributed by atoms with van der Waals surface area (Å²) >= 11 is 0. The molecule has 0 aromatic heterocycles. The maximum atomic E-state index is 0. The Hall–Kier alpha value is 0.462. The second kappa shape index (κ2) is 509. The molecular weight excluding hydrogens is 264 g/mol. The van der Waals surface area contributed by atoms with Gasteiger partial charge in [0.15, 0.2) is 0 Å². The van der Waals surface area contributed by atoms with Crippen molar-refractivity contribution in [3.63, 3.8) is 0 Å². The quantitative estimate of drug-likeness (QED) is 0.638. The van der Waals surface area contributed by atoms with Gasteiger partial charge < -0.3 is 28.1 Å². The van der Waals surface area contributed by atoms with E-state index in [0.29, 0.717) is 0 Å². The summed E-state index contributed by atoms with van der Waals surface area (Å²) in [6.07, 6.45) is 0. The molecule has 6 heavy (non-hydrogen) atoms. The summed E-state index contributed by atoms with van der Waals surface area (Å²) in [5, 5.41) is 0. The van der Waals surface area contributed by atoms with Gasteiger partial charge >= 0.3 is 0 Å². The van der Waals surface area contributed by atoms with E-state index >= 15 is 0 Å². The zero-order valence-corrected chi connectivity index (χ0v) is 5.77. The summed E-state index contributed by atoms with van der Waals surface area (Å²) in [6.45, 7) is 0. The van der Waals surface area contributed by atoms with E-state index in [1.54, 1.807) is 0 Å². The third-order valence-corrected chi connectivity index (χ3v) is 0. The maximum absolute atomic E-state index is 0. The Bertz CT molecular complexity index is 7.51. The molecule has 0 fully saturated rings. The number of hydrogen-bond acceptors (Lipinski definition) is 1. The van der Waals surface area contributed by atoms with Crippen LogP contribution in [0.4, 0.5) is 0 Å². The van der Waals surface area contributed by atoms with E-state index in [4.69, 9.17) is 0 Å². The van der Waals surface area contributed by atoms with Crippen molar-refractivity contribution >= 4 is 0 Å². The first-order valence-electron chi connectivity index (χ1n) is 0. The van der Waals surface area contributed by atoms with Gasteiger partial charge in [0.2, 0.25) is 0 Å². The van der Waals surface area contributed by atoms with Gasteiger partial charge in [-0.3, -0.25) is 0 Å². The van der Waals surface area contributed by atoms with Crippen LogP contribution in [0.2, 0.25) is 0 Å². The van der Waals surface area contributed by atoms with Gasteiger partial charge in [0.25, 0.3) is 0 Å². The molecular formula is H5NO4Re-6. The Morgan fingerprint density at radius 1 is 0.667 bits per heavy atom. The largest absolute Gasteiger partial charge is 2.00 e. The van der Waals surface area contributed by atoms with E-state index in [-0.39, 0.29) is 48.5 Å². The molecule has 0 aliphatic carbocycles. The SMILES string of the molecule is [NH4+].[O-2].[O-2].[O-2].[OH-].[Re]. The molecule has 0 atom stereocenters. The molecule has 0 amide bonds. The van der Waals surface area contributed by atoms with Crippen LogP contribution in [-0.2, 0) is 36.9 Å². The van der Waals surface area contributed by atoms with Gasteiger partial charge in [-0.1, -0.05) is 0 Å². The van der Waals surface area contributed by atoms with Gasteiger partial charge in [-0.25, -0.2) is 0 Å². The molecule has 5 nitrogen and oxygen atoms in total. The number of quaternary nitrogens is 1. The van der Waals surface area contributed by atoms with Crippen molar-refractivity contribution in [2.24, 2.45) is 0 Å². The minimum Gasteiger partial charge on any atom is -2.00 e. The smallest absolute Gasteiger partial charge is 0 e. The van der Waals surface area contributed by atoms with Crippen LogP contribution in [0.15, 0.2) is 0 Å². The molecule has 0 rings (SSSR count). The Balaban J connectivity index is 0. The molecule has 0 bridgehead atoms. The summed E-state index contributed by atoms with van der Waals surface area (Å²) in [4.78, 5) is 0. The molecule has 0 aromatic rings. The predicted octanol–water partition coefficient (Wildman–Crippen LogP) is -0.160. The van der Waals surface area contributed by atoms with Crippen LogP contribution in [-0.4, -0.2) is 5.48 Å². The fourth-order valence-electron chi connectivity index (χ4n) is 0. The molecule has 6 heteroatoms. The summed E-state index contributed by atoms with van der Waals surface area (Å²) in [6, 6.07) is 0. The first-order chi connectivity index (χ1) is 0. The first-order valence-corrected chi connectivity index (χ1v) is 0. The number of rotatable bonds is 0. The van der Waals surface area contributed by atoms with E-state index in [0.717, 1.165) is 0 Å². The third kappa shape index (κ3) is 250. The van der Waals surface area contributed by atoms with Crippen molar-refractivity contribution < 1.29 is 42.3 Å². The molecule has 0 saturated carbocycles. The van der Waals surface area contributed by atoms with Crippen molar-refractivity contribution in [3.8, 4) is 0 Å². The van der Waals surface area contributed by atoms with Crippen LogP contribution in [0, 0.1) is 0 Å². The van der Waals surface area contributed by atoms with E-state index in [2.05, 4.69) is 0 Å². The van der Waals surface area contributed by atoms with E-state index in [1.807, 2.05) is 0 Å². The van der Waals surface area contributed by atoms with Crippen molar-refractivity contribution in [1.82, 2.24) is 6.15 Å². The van der Waals surface area contributed by atoms with Crippen LogP contribution in [0.25, 0.3) is 0 Å². The van der Waals surface area contributed by atoms with Gasteiger partial charge in [0.05, 0.1) is 0 Å². The molecule has 5 N–H and O–H groups in total. The fourth-order valence-corrected chi connectivity index (χ4v) is 0.